The SMILES string of the molecule is CC(C)CNC(=O)CN(C)C(=O)C(=O)NCCN. The highest BCUT2D eigenvalue weighted by atomic mass is 16.2. The Morgan fingerprint density at radius 3 is 2.33 bits per heavy atom. The van der Waals surface area contributed by atoms with Crippen molar-refractivity contribution in [3.63, 3.8) is 0 Å². The summed E-state index contributed by atoms with van der Waals surface area (Å²) >= 11 is 0. The predicted molar refractivity (Wildman–Crippen MR) is 67.5 cm³/mol. The van der Waals surface area contributed by atoms with Gasteiger partial charge in [-0.05, 0) is 5.92 Å². The van der Waals surface area contributed by atoms with Crippen molar-refractivity contribution in [3.8, 4) is 0 Å². The van der Waals surface area contributed by atoms with Gasteiger partial charge >= 0.3 is 11.8 Å². The summed E-state index contributed by atoms with van der Waals surface area (Å²) in [5, 5.41) is 5.02. The Kier molecular flexibility index (Phi) is 7.69. The van der Waals surface area contributed by atoms with Gasteiger partial charge in [-0.2, -0.15) is 0 Å². The van der Waals surface area contributed by atoms with E-state index < -0.39 is 11.8 Å². The number of rotatable bonds is 6. The number of carbonyl (C=O) groups excluding carboxylic acids is 3. The molecule has 0 saturated carbocycles. The van der Waals surface area contributed by atoms with Crippen LogP contribution >= 0.6 is 0 Å². The number of likely N-dealkylation sites (N-methyl/N-ethyl adjacent to an activating group) is 1. The molecular weight excluding hydrogens is 236 g/mol. The molecule has 0 atom stereocenters. The lowest BCUT2D eigenvalue weighted by molar-refractivity contribution is -0.146. The fraction of sp³-hybridized carbons (Fsp3) is 0.727. The fourth-order valence-electron chi connectivity index (χ4n) is 1.10. The molecule has 0 unspecified atom stereocenters. The maximum Gasteiger partial charge on any atom is 0.312 e. The monoisotopic (exact) mass is 258 g/mol. The van der Waals surface area contributed by atoms with E-state index in [0.717, 1.165) is 4.90 Å². The van der Waals surface area contributed by atoms with E-state index in [0.29, 0.717) is 12.5 Å². The van der Waals surface area contributed by atoms with Crippen molar-refractivity contribution >= 4 is 17.7 Å². The molecule has 0 rings (SSSR count). The third-order valence-electron chi connectivity index (χ3n) is 2.06. The number of hydrogen-bond donors (Lipinski definition) is 3. The average molecular weight is 258 g/mol. The number of nitrogens with one attached hydrogen (secondary N) is 2. The molecule has 0 saturated heterocycles. The highest BCUT2D eigenvalue weighted by molar-refractivity contribution is 6.35. The summed E-state index contributed by atoms with van der Waals surface area (Å²) in [5.74, 6) is -1.45. The van der Waals surface area contributed by atoms with Gasteiger partial charge in [-0.1, -0.05) is 13.8 Å². The van der Waals surface area contributed by atoms with Crippen LogP contribution in [0.5, 0.6) is 0 Å². The van der Waals surface area contributed by atoms with E-state index in [4.69, 9.17) is 5.73 Å². The van der Waals surface area contributed by atoms with Gasteiger partial charge in [0.05, 0.1) is 6.54 Å². The minimum atomic E-state index is -0.750. The number of nitrogens with zero attached hydrogens (tertiary/aromatic N) is 1. The van der Waals surface area contributed by atoms with Gasteiger partial charge in [0.25, 0.3) is 0 Å². The number of carbonyl (C=O) groups is 3. The maximum absolute atomic E-state index is 11.5. The van der Waals surface area contributed by atoms with Crippen LogP contribution in [0, 0.1) is 5.92 Å². The third kappa shape index (κ3) is 6.85. The Morgan fingerprint density at radius 1 is 1.22 bits per heavy atom. The molecule has 0 aromatic heterocycles. The predicted octanol–water partition coefficient (Wildman–Crippen LogP) is -1.71. The van der Waals surface area contributed by atoms with Gasteiger partial charge < -0.3 is 21.3 Å². The van der Waals surface area contributed by atoms with Crippen LogP contribution < -0.4 is 16.4 Å². The van der Waals surface area contributed by atoms with Crippen molar-refractivity contribution in [2.75, 3.05) is 33.2 Å². The molecule has 0 heterocycles. The zero-order chi connectivity index (χ0) is 14.1. The van der Waals surface area contributed by atoms with Crippen LogP contribution in [0.25, 0.3) is 0 Å². The first-order valence-corrected chi connectivity index (χ1v) is 5.88. The molecule has 0 aromatic carbocycles. The Labute approximate surface area is 107 Å². The van der Waals surface area contributed by atoms with E-state index in [1.165, 1.54) is 7.05 Å². The molecule has 0 bridgehead atoms. The molecule has 0 aliphatic heterocycles. The Bertz CT molecular complexity index is 305. The minimum Gasteiger partial charge on any atom is -0.354 e. The fourth-order valence-corrected chi connectivity index (χ4v) is 1.10. The van der Waals surface area contributed by atoms with Gasteiger partial charge in [0, 0.05) is 26.7 Å². The molecule has 0 radical (unpaired) electrons. The second-order valence-corrected chi connectivity index (χ2v) is 4.40. The topological polar surface area (TPSA) is 105 Å². The first-order chi connectivity index (χ1) is 8.38. The van der Waals surface area contributed by atoms with E-state index in [2.05, 4.69) is 10.6 Å². The van der Waals surface area contributed by atoms with E-state index >= 15 is 0 Å². The summed E-state index contributed by atoms with van der Waals surface area (Å²) in [7, 11) is 1.40. The second-order valence-electron chi connectivity index (χ2n) is 4.40. The van der Waals surface area contributed by atoms with Crippen LogP contribution in [0.15, 0.2) is 0 Å². The Hall–Kier alpha value is -1.63. The normalized spacial score (nSPS) is 10.1. The third-order valence-corrected chi connectivity index (χ3v) is 2.06. The molecule has 7 heteroatoms. The molecule has 3 amide bonds. The van der Waals surface area contributed by atoms with Gasteiger partial charge in [-0.25, -0.2) is 0 Å². The van der Waals surface area contributed by atoms with Crippen molar-refractivity contribution in [1.82, 2.24) is 15.5 Å². The van der Waals surface area contributed by atoms with Crippen LogP contribution in [-0.4, -0.2) is 55.8 Å². The molecule has 18 heavy (non-hydrogen) atoms. The average Bonchev–Trinajstić information content (AvgIpc) is 2.32. The van der Waals surface area contributed by atoms with Crippen LogP contribution in [-0.2, 0) is 14.4 Å². The van der Waals surface area contributed by atoms with Crippen molar-refractivity contribution in [3.05, 3.63) is 0 Å². The van der Waals surface area contributed by atoms with Crippen LogP contribution in [0.1, 0.15) is 13.8 Å². The first kappa shape index (κ1) is 16.4. The van der Waals surface area contributed by atoms with E-state index in [9.17, 15) is 14.4 Å². The summed E-state index contributed by atoms with van der Waals surface area (Å²) in [4.78, 5) is 35.3. The van der Waals surface area contributed by atoms with Crippen LogP contribution in [0.4, 0.5) is 0 Å². The summed E-state index contributed by atoms with van der Waals surface area (Å²) in [5.41, 5.74) is 5.20. The largest absolute Gasteiger partial charge is 0.354 e. The van der Waals surface area contributed by atoms with E-state index in [1.807, 2.05) is 13.8 Å². The molecule has 7 nitrogen and oxygen atoms in total. The molecule has 0 aliphatic carbocycles. The standard InChI is InChI=1S/C11H22N4O3/c1-8(2)6-14-9(16)7-15(3)11(18)10(17)13-5-4-12/h8H,4-7,12H2,1-3H3,(H,13,17)(H,14,16). The van der Waals surface area contributed by atoms with E-state index in [1.54, 1.807) is 0 Å². The molecule has 0 aliphatic rings. The van der Waals surface area contributed by atoms with Crippen molar-refractivity contribution in [2.45, 2.75) is 13.8 Å². The minimum absolute atomic E-state index is 0.137. The van der Waals surface area contributed by atoms with E-state index in [-0.39, 0.29) is 25.5 Å². The number of amides is 3. The van der Waals surface area contributed by atoms with Crippen molar-refractivity contribution in [2.24, 2.45) is 11.7 Å². The smallest absolute Gasteiger partial charge is 0.312 e. The van der Waals surface area contributed by atoms with Gasteiger partial charge in [0.15, 0.2) is 0 Å². The zero-order valence-electron chi connectivity index (χ0n) is 11.2. The molecule has 4 N–H and O–H groups in total. The number of nitrogens with two attached hydrogens (primary N) is 1. The molecule has 0 fully saturated rings. The lowest BCUT2D eigenvalue weighted by atomic mass is 10.2. The molecule has 0 aromatic rings. The summed E-state index contributed by atoms with van der Waals surface area (Å²) in [6, 6.07) is 0. The molecule has 104 valence electrons. The van der Waals surface area contributed by atoms with Crippen LogP contribution in [0.2, 0.25) is 0 Å². The van der Waals surface area contributed by atoms with Gasteiger partial charge in [-0.15, -0.1) is 0 Å². The lowest BCUT2D eigenvalue weighted by Crippen LogP contribution is -2.46. The molecule has 0 spiro atoms. The first-order valence-electron chi connectivity index (χ1n) is 5.88. The molecular formula is C11H22N4O3. The maximum atomic E-state index is 11.5. The summed E-state index contributed by atoms with van der Waals surface area (Å²) in [6.07, 6.45) is 0. The lowest BCUT2D eigenvalue weighted by Gasteiger charge is -2.16. The quantitative estimate of drug-likeness (QED) is 0.493. The Balaban J connectivity index is 4.07. The van der Waals surface area contributed by atoms with Crippen molar-refractivity contribution in [1.29, 1.82) is 0 Å². The second kappa shape index (κ2) is 8.46. The highest BCUT2D eigenvalue weighted by Gasteiger charge is 2.19. The Morgan fingerprint density at radius 2 is 1.83 bits per heavy atom. The summed E-state index contributed by atoms with van der Waals surface area (Å²) in [6.45, 7) is 4.84. The number of hydrogen-bond acceptors (Lipinski definition) is 4. The highest BCUT2D eigenvalue weighted by Crippen LogP contribution is 1.89. The van der Waals surface area contributed by atoms with Gasteiger partial charge in [0.1, 0.15) is 0 Å². The zero-order valence-corrected chi connectivity index (χ0v) is 11.2. The van der Waals surface area contributed by atoms with Gasteiger partial charge in [-0.3, -0.25) is 14.4 Å². The van der Waals surface area contributed by atoms with Crippen LogP contribution in [0.3, 0.4) is 0 Å². The van der Waals surface area contributed by atoms with Crippen molar-refractivity contribution < 1.29 is 14.4 Å². The van der Waals surface area contributed by atoms with Gasteiger partial charge in [0.2, 0.25) is 5.91 Å². The summed E-state index contributed by atoms with van der Waals surface area (Å²) < 4.78 is 0.